The van der Waals surface area contributed by atoms with Crippen LogP contribution in [0.2, 0.25) is 0 Å². The number of carbonyl (C=O) groups is 1. The number of methoxy groups -OCH3 is 1. The molecule has 0 aliphatic heterocycles. The third-order valence-electron chi connectivity index (χ3n) is 5.49. The van der Waals surface area contributed by atoms with E-state index in [1.165, 1.54) is 12.8 Å². The van der Waals surface area contributed by atoms with Crippen LogP contribution in [-0.2, 0) is 11.2 Å². The Kier molecular flexibility index (Phi) is 4.74. The normalized spacial score (nSPS) is 14.3. The van der Waals surface area contributed by atoms with Crippen LogP contribution < -0.4 is 10.5 Å². The van der Waals surface area contributed by atoms with E-state index in [1.54, 1.807) is 13.3 Å². The van der Waals surface area contributed by atoms with Crippen molar-refractivity contribution in [2.45, 2.75) is 38.1 Å². The van der Waals surface area contributed by atoms with Gasteiger partial charge in [-0.15, -0.1) is 0 Å². The van der Waals surface area contributed by atoms with Gasteiger partial charge in [0.1, 0.15) is 6.07 Å². The molecule has 6 nitrogen and oxygen atoms in total. The number of ether oxygens (including phenoxy) is 1. The molecule has 2 N–H and O–H groups in total. The monoisotopic (exact) mass is 374 g/mol. The van der Waals surface area contributed by atoms with Crippen molar-refractivity contribution in [3.05, 3.63) is 47.8 Å². The molecule has 6 heteroatoms. The smallest absolute Gasteiger partial charge is 0.223 e. The first-order valence-corrected chi connectivity index (χ1v) is 9.47. The molecule has 0 saturated heterocycles. The molecule has 0 atom stereocenters. The summed E-state index contributed by atoms with van der Waals surface area (Å²) >= 11 is 0. The van der Waals surface area contributed by atoms with E-state index in [1.807, 2.05) is 24.3 Å². The zero-order valence-corrected chi connectivity index (χ0v) is 15.8. The Hall–Kier alpha value is -3.33. The number of rotatable bonds is 5. The summed E-state index contributed by atoms with van der Waals surface area (Å²) in [5, 5.41) is 10.5. The standard InChI is InChI=1S/C22H22N4O2/c1-28-22-20-18(15-8-6-14(7-9-15)10-19(24)27)13-26(17-4-2-3-5-17)21(20)16(11-23)12-25-22/h6-9,12-13,17H,2-5,10H2,1H3,(H2,24,27). The second-order valence-corrected chi connectivity index (χ2v) is 7.24. The van der Waals surface area contributed by atoms with Crippen molar-refractivity contribution in [3.8, 4) is 23.1 Å². The third kappa shape index (κ3) is 3.09. The molecule has 2 aromatic heterocycles. The first kappa shape index (κ1) is 18.1. The number of nitrogens with two attached hydrogens (primary N) is 1. The average molecular weight is 374 g/mol. The maximum Gasteiger partial charge on any atom is 0.223 e. The number of nitriles is 1. The molecule has 28 heavy (non-hydrogen) atoms. The fraction of sp³-hybridized carbons (Fsp3) is 0.318. The van der Waals surface area contributed by atoms with E-state index in [0.29, 0.717) is 17.5 Å². The molecule has 4 rings (SSSR count). The van der Waals surface area contributed by atoms with Crippen LogP contribution in [0.4, 0.5) is 0 Å². The minimum atomic E-state index is -0.352. The van der Waals surface area contributed by atoms with Crippen molar-refractivity contribution >= 4 is 16.8 Å². The second-order valence-electron chi connectivity index (χ2n) is 7.24. The van der Waals surface area contributed by atoms with Gasteiger partial charge in [0.05, 0.1) is 36.2 Å². The summed E-state index contributed by atoms with van der Waals surface area (Å²) in [7, 11) is 1.60. The molecule has 1 aromatic carbocycles. The third-order valence-corrected chi connectivity index (χ3v) is 5.49. The highest BCUT2D eigenvalue weighted by Crippen LogP contribution is 2.41. The molecule has 0 unspecified atom stereocenters. The first-order chi connectivity index (χ1) is 13.6. The van der Waals surface area contributed by atoms with E-state index >= 15 is 0 Å². The lowest BCUT2D eigenvalue weighted by Crippen LogP contribution is -2.13. The van der Waals surface area contributed by atoms with Gasteiger partial charge in [-0.25, -0.2) is 4.98 Å². The van der Waals surface area contributed by atoms with E-state index < -0.39 is 0 Å². The zero-order chi connectivity index (χ0) is 19.7. The summed E-state index contributed by atoms with van der Waals surface area (Å²) in [6.45, 7) is 0. The van der Waals surface area contributed by atoms with Gasteiger partial charge >= 0.3 is 0 Å². The number of primary amides is 1. The van der Waals surface area contributed by atoms with Crippen LogP contribution in [0.15, 0.2) is 36.7 Å². The topological polar surface area (TPSA) is 93.9 Å². The molecule has 1 fully saturated rings. The van der Waals surface area contributed by atoms with Gasteiger partial charge in [0.2, 0.25) is 11.8 Å². The van der Waals surface area contributed by atoms with Gasteiger partial charge in [-0.1, -0.05) is 37.1 Å². The van der Waals surface area contributed by atoms with Crippen molar-refractivity contribution in [3.63, 3.8) is 0 Å². The predicted octanol–water partition coefficient (Wildman–Crippen LogP) is 3.73. The lowest BCUT2D eigenvalue weighted by atomic mass is 10.0. The lowest BCUT2D eigenvalue weighted by molar-refractivity contribution is -0.117. The van der Waals surface area contributed by atoms with Gasteiger partial charge in [-0.2, -0.15) is 5.26 Å². The van der Waals surface area contributed by atoms with Gasteiger partial charge in [0.15, 0.2) is 0 Å². The van der Waals surface area contributed by atoms with Crippen LogP contribution >= 0.6 is 0 Å². The summed E-state index contributed by atoms with van der Waals surface area (Å²) in [5.41, 5.74) is 9.58. The number of hydrogen-bond donors (Lipinski definition) is 1. The maximum atomic E-state index is 11.2. The Morgan fingerprint density at radius 1 is 1.32 bits per heavy atom. The largest absolute Gasteiger partial charge is 0.480 e. The fourth-order valence-corrected chi connectivity index (χ4v) is 4.19. The van der Waals surface area contributed by atoms with Crippen LogP contribution in [0.1, 0.15) is 42.9 Å². The molecule has 142 valence electrons. The van der Waals surface area contributed by atoms with E-state index in [-0.39, 0.29) is 12.3 Å². The molecule has 1 aliphatic rings. The van der Waals surface area contributed by atoms with Gasteiger partial charge in [0, 0.05) is 17.8 Å². The van der Waals surface area contributed by atoms with Crippen molar-refractivity contribution in [2.75, 3.05) is 7.11 Å². The number of aromatic nitrogens is 2. The summed E-state index contributed by atoms with van der Waals surface area (Å²) in [4.78, 5) is 15.5. The number of nitrogens with zero attached hydrogens (tertiary/aromatic N) is 3. The quantitative estimate of drug-likeness (QED) is 0.736. The highest BCUT2D eigenvalue weighted by atomic mass is 16.5. The minimum absolute atomic E-state index is 0.216. The highest BCUT2D eigenvalue weighted by molar-refractivity contribution is 6.02. The summed E-state index contributed by atoms with van der Waals surface area (Å²) in [6, 6.07) is 10.4. The average Bonchev–Trinajstić information content (AvgIpc) is 3.35. The number of amides is 1. The van der Waals surface area contributed by atoms with Gasteiger partial charge in [0.25, 0.3) is 0 Å². The van der Waals surface area contributed by atoms with E-state index in [4.69, 9.17) is 10.5 Å². The Bertz CT molecular complexity index is 1070. The number of hydrogen-bond acceptors (Lipinski definition) is 4. The molecule has 3 aromatic rings. The Morgan fingerprint density at radius 2 is 2.04 bits per heavy atom. The molecule has 1 amide bonds. The molecular formula is C22H22N4O2. The molecule has 1 saturated carbocycles. The number of benzene rings is 1. The molecular weight excluding hydrogens is 352 g/mol. The summed E-state index contributed by atoms with van der Waals surface area (Å²) in [5.74, 6) is 0.164. The van der Waals surface area contributed by atoms with Crippen LogP contribution in [0.3, 0.4) is 0 Å². The number of carbonyl (C=O) groups excluding carboxylic acids is 1. The van der Waals surface area contributed by atoms with E-state index in [9.17, 15) is 10.1 Å². The molecule has 0 spiro atoms. The second kappa shape index (κ2) is 7.35. The Balaban J connectivity index is 1.93. The molecule has 0 bridgehead atoms. The number of fused-ring (bicyclic) bond motifs is 1. The molecule has 2 heterocycles. The van der Waals surface area contributed by atoms with Gasteiger partial charge < -0.3 is 15.0 Å². The van der Waals surface area contributed by atoms with E-state index in [2.05, 4.69) is 21.8 Å². The SMILES string of the molecule is COc1ncc(C#N)c2c1c(-c1ccc(CC(N)=O)cc1)cn2C1CCCC1. The van der Waals surface area contributed by atoms with Crippen molar-refractivity contribution in [2.24, 2.45) is 5.73 Å². The maximum absolute atomic E-state index is 11.2. The minimum Gasteiger partial charge on any atom is -0.480 e. The van der Waals surface area contributed by atoms with Crippen LogP contribution in [0.5, 0.6) is 5.88 Å². The molecule has 1 aliphatic carbocycles. The molecule has 0 radical (unpaired) electrons. The highest BCUT2D eigenvalue weighted by Gasteiger charge is 2.25. The summed E-state index contributed by atoms with van der Waals surface area (Å²) in [6.07, 6.45) is 8.54. The van der Waals surface area contributed by atoms with Crippen molar-refractivity contribution < 1.29 is 9.53 Å². The van der Waals surface area contributed by atoms with Crippen LogP contribution in [0.25, 0.3) is 22.0 Å². The van der Waals surface area contributed by atoms with E-state index in [0.717, 1.165) is 40.4 Å². The number of pyridine rings is 1. The van der Waals surface area contributed by atoms with Crippen molar-refractivity contribution in [1.82, 2.24) is 9.55 Å². The van der Waals surface area contributed by atoms with Gasteiger partial charge in [-0.05, 0) is 24.0 Å². The van der Waals surface area contributed by atoms with Crippen LogP contribution in [-0.4, -0.2) is 22.6 Å². The Morgan fingerprint density at radius 3 is 2.64 bits per heavy atom. The predicted molar refractivity (Wildman–Crippen MR) is 107 cm³/mol. The lowest BCUT2D eigenvalue weighted by Gasteiger charge is -2.14. The van der Waals surface area contributed by atoms with Gasteiger partial charge in [-0.3, -0.25) is 4.79 Å². The van der Waals surface area contributed by atoms with Crippen molar-refractivity contribution in [1.29, 1.82) is 5.26 Å². The Labute approximate surface area is 163 Å². The van der Waals surface area contributed by atoms with Crippen LogP contribution in [0, 0.1) is 11.3 Å². The summed E-state index contributed by atoms with van der Waals surface area (Å²) < 4.78 is 7.78. The zero-order valence-electron chi connectivity index (χ0n) is 15.8. The first-order valence-electron chi connectivity index (χ1n) is 9.47. The fourth-order valence-electron chi connectivity index (χ4n) is 4.19.